The molecule has 2 N–H and O–H groups in total. The highest BCUT2D eigenvalue weighted by Gasteiger charge is 2.44. The van der Waals surface area contributed by atoms with Crippen molar-refractivity contribution in [3.05, 3.63) is 36.2 Å². The lowest BCUT2D eigenvalue weighted by Crippen LogP contribution is -2.60. The van der Waals surface area contributed by atoms with Crippen LogP contribution < -0.4 is 15.4 Å². The molecule has 10 heteroatoms. The first-order valence-corrected chi connectivity index (χ1v) is 11.6. The number of piperidine rings is 3. The van der Waals surface area contributed by atoms with Crippen molar-refractivity contribution in [2.24, 2.45) is 17.6 Å². The highest BCUT2D eigenvalue weighted by atomic mass is 16.5. The Labute approximate surface area is 193 Å². The second-order valence-corrected chi connectivity index (χ2v) is 9.21. The van der Waals surface area contributed by atoms with Gasteiger partial charge in [-0.05, 0) is 37.4 Å². The quantitative estimate of drug-likeness (QED) is 0.676. The van der Waals surface area contributed by atoms with Crippen molar-refractivity contribution in [3.8, 4) is 5.75 Å². The maximum Gasteiger partial charge on any atom is 0.270 e. The van der Waals surface area contributed by atoms with Crippen molar-refractivity contribution >= 4 is 17.5 Å². The lowest BCUT2D eigenvalue weighted by molar-refractivity contribution is -0.144. The van der Waals surface area contributed by atoms with Gasteiger partial charge in [-0.2, -0.15) is 0 Å². The van der Waals surface area contributed by atoms with Crippen LogP contribution in [0.2, 0.25) is 0 Å². The maximum absolute atomic E-state index is 13.4. The molecule has 4 aliphatic rings. The van der Waals surface area contributed by atoms with Gasteiger partial charge in [-0.1, -0.05) is 17.3 Å². The van der Waals surface area contributed by atoms with Gasteiger partial charge in [-0.3, -0.25) is 19.2 Å². The predicted molar refractivity (Wildman–Crippen MR) is 122 cm³/mol. The van der Waals surface area contributed by atoms with E-state index in [1.165, 1.54) is 0 Å². The molecule has 33 heavy (non-hydrogen) atoms. The number of hydrogen-bond donors (Lipinski definition) is 1. The van der Waals surface area contributed by atoms with Crippen LogP contribution >= 0.6 is 0 Å². The van der Waals surface area contributed by atoms with Crippen molar-refractivity contribution in [1.29, 1.82) is 0 Å². The number of carbonyl (C=O) groups is 2. The Morgan fingerprint density at radius 3 is 2.61 bits per heavy atom. The Kier molecular flexibility index (Phi) is 5.92. The lowest BCUT2D eigenvalue weighted by atomic mass is 9.75. The summed E-state index contributed by atoms with van der Waals surface area (Å²) >= 11 is 0. The van der Waals surface area contributed by atoms with E-state index < -0.39 is 5.91 Å². The summed E-state index contributed by atoms with van der Waals surface area (Å²) in [5.74, 6) is 1.04. The number of rotatable bonds is 6. The third kappa shape index (κ3) is 4.27. The summed E-state index contributed by atoms with van der Waals surface area (Å²) < 4.78 is 7.20. The molecule has 4 fully saturated rings. The molecule has 10 nitrogen and oxygen atoms in total. The number of amides is 2. The second-order valence-electron chi connectivity index (χ2n) is 9.21. The molecule has 0 aliphatic carbocycles. The van der Waals surface area contributed by atoms with Gasteiger partial charge in [0, 0.05) is 38.8 Å². The topological polar surface area (TPSA) is 110 Å². The van der Waals surface area contributed by atoms with Gasteiger partial charge in [0.1, 0.15) is 5.75 Å². The summed E-state index contributed by atoms with van der Waals surface area (Å²) in [7, 11) is 1.69. The molecule has 6 rings (SSSR count). The molecule has 1 unspecified atom stereocenters. The summed E-state index contributed by atoms with van der Waals surface area (Å²) in [6.45, 7) is 5.54. The van der Waals surface area contributed by atoms with Crippen LogP contribution in [0, 0.1) is 11.8 Å². The zero-order chi connectivity index (χ0) is 22.9. The summed E-state index contributed by atoms with van der Waals surface area (Å²) in [4.78, 5) is 31.5. The van der Waals surface area contributed by atoms with E-state index in [9.17, 15) is 9.59 Å². The Morgan fingerprint density at radius 2 is 1.94 bits per heavy atom. The Morgan fingerprint density at radius 1 is 1.15 bits per heavy atom. The largest absolute Gasteiger partial charge is 0.495 e. The van der Waals surface area contributed by atoms with Gasteiger partial charge in [0.05, 0.1) is 31.5 Å². The van der Waals surface area contributed by atoms with E-state index in [0.29, 0.717) is 24.4 Å². The zero-order valence-electron chi connectivity index (χ0n) is 19.0. The fourth-order valence-electron chi connectivity index (χ4n) is 5.62. The molecule has 0 spiro atoms. The molecule has 0 radical (unpaired) electrons. The van der Waals surface area contributed by atoms with Crippen molar-refractivity contribution in [3.63, 3.8) is 0 Å². The number of benzene rings is 1. The van der Waals surface area contributed by atoms with Crippen LogP contribution in [0.4, 0.5) is 5.69 Å². The molecule has 2 bridgehead atoms. The maximum atomic E-state index is 13.4. The van der Waals surface area contributed by atoms with Crippen molar-refractivity contribution < 1.29 is 14.3 Å². The average Bonchev–Trinajstić information content (AvgIpc) is 3.33. The van der Waals surface area contributed by atoms with Crippen molar-refractivity contribution in [2.45, 2.75) is 25.4 Å². The van der Waals surface area contributed by atoms with Crippen LogP contribution in [-0.2, 0) is 11.3 Å². The molecule has 4 saturated heterocycles. The van der Waals surface area contributed by atoms with Crippen LogP contribution in [-0.4, -0.2) is 89.0 Å². The number of nitrogens with zero attached hydrogens (tertiary/aromatic N) is 6. The van der Waals surface area contributed by atoms with Crippen molar-refractivity contribution in [1.82, 2.24) is 24.8 Å². The highest BCUT2D eigenvalue weighted by molar-refractivity contribution is 5.90. The first-order chi connectivity index (χ1) is 16.0. The van der Waals surface area contributed by atoms with Gasteiger partial charge in [0.25, 0.3) is 5.91 Å². The molecule has 1 aromatic heterocycles. The second kappa shape index (κ2) is 9.01. The van der Waals surface area contributed by atoms with Crippen LogP contribution in [0.15, 0.2) is 30.5 Å². The molecular weight excluding hydrogens is 422 g/mol. The van der Waals surface area contributed by atoms with E-state index in [0.717, 1.165) is 63.5 Å². The van der Waals surface area contributed by atoms with E-state index in [1.807, 2.05) is 23.1 Å². The number of fused-ring (bicyclic) bond motifs is 3. The van der Waals surface area contributed by atoms with E-state index in [-0.39, 0.29) is 11.6 Å². The monoisotopic (exact) mass is 453 g/mol. The first kappa shape index (κ1) is 21.7. The van der Waals surface area contributed by atoms with Gasteiger partial charge >= 0.3 is 0 Å². The van der Waals surface area contributed by atoms with Crippen LogP contribution in [0.25, 0.3) is 0 Å². The van der Waals surface area contributed by atoms with Gasteiger partial charge in [-0.15, -0.1) is 5.10 Å². The number of primary amides is 1. The summed E-state index contributed by atoms with van der Waals surface area (Å²) in [6, 6.07) is 8.35. The third-order valence-corrected chi connectivity index (χ3v) is 7.40. The zero-order valence-corrected chi connectivity index (χ0v) is 19.0. The number of ether oxygens (including phenoxy) is 1. The number of carbonyl (C=O) groups excluding carboxylic acids is 2. The average molecular weight is 454 g/mol. The standard InChI is InChI=1S/C23H31N7O3/c1-33-21-5-3-2-4-20(21)27-8-10-28(11-9-27)23(32)18-14-29-7-6-16(18)12-17(29)13-30-15-19(22(24)31)25-26-30/h2-5,15-18H,6-14H2,1H3,(H2,24,31)/t16-,17-,18+/m1/s1. The molecule has 4 atom stereocenters. The molecule has 176 valence electrons. The molecule has 2 amide bonds. The number of methoxy groups -OCH3 is 1. The minimum atomic E-state index is -0.566. The summed E-state index contributed by atoms with van der Waals surface area (Å²) in [6.07, 6.45) is 3.62. The van der Waals surface area contributed by atoms with Gasteiger partial charge in [0.15, 0.2) is 5.69 Å². The molecule has 5 heterocycles. The summed E-state index contributed by atoms with van der Waals surface area (Å²) in [5.41, 5.74) is 6.56. The minimum Gasteiger partial charge on any atom is -0.495 e. The van der Waals surface area contributed by atoms with Crippen molar-refractivity contribution in [2.75, 3.05) is 51.3 Å². The predicted octanol–water partition coefficient (Wildman–Crippen LogP) is 0.445. The fourth-order valence-corrected chi connectivity index (χ4v) is 5.62. The third-order valence-electron chi connectivity index (χ3n) is 7.40. The van der Waals surface area contributed by atoms with Crippen LogP contribution in [0.3, 0.4) is 0 Å². The molecule has 4 aliphatic heterocycles. The van der Waals surface area contributed by atoms with E-state index >= 15 is 0 Å². The van der Waals surface area contributed by atoms with Gasteiger partial charge < -0.3 is 20.3 Å². The van der Waals surface area contributed by atoms with Gasteiger partial charge in [-0.25, -0.2) is 0 Å². The molecule has 2 aromatic rings. The number of piperazine rings is 1. The normalized spacial score (nSPS) is 26.9. The number of para-hydroxylation sites is 2. The number of nitrogens with two attached hydrogens (primary N) is 1. The highest BCUT2D eigenvalue weighted by Crippen LogP contribution is 2.38. The SMILES string of the molecule is COc1ccccc1N1CCN(C(=O)[C@H]2CN3CC[C@@H]2C[C@@H]3Cn2cc(C(N)=O)nn2)CC1. The minimum absolute atomic E-state index is 0.0599. The first-order valence-electron chi connectivity index (χ1n) is 11.6. The lowest BCUT2D eigenvalue weighted by Gasteiger charge is -2.50. The smallest absolute Gasteiger partial charge is 0.270 e. The Balaban J connectivity index is 1.18. The van der Waals surface area contributed by atoms with E-state index in [1.54, 1.807) is 18.0 Å². The molecular formula is C23H31N7O3. The van der Waals surface area contributed by atoms with E-state index in [2.05, 4.69) is 26.2 Å². The molecule has 1 aromatic carbocycles. The van der Waals surface area contributed by atoms with Gasteiger partial charge in [0.2, 0.25) is 5.91 Å². The Bertz CT molecular complexity index is 1020. The Hall–Kier alpha value is -3.14. The van der Waals surface area contributed by atoms with Crippen LogP contribution in [0.5, 0.6) is 5.75 Å². The fraction of sp³-hybridized carbons (Fsp3) is 0.565. The number of hydrogen-bond acceptors (Lipinski definition) is 7. The van der Waals surface area contributed by atoms with Crippen LogP contribution in [0.1, 0.15) is 23.3 Å². The van der Waals surface area contributed by atoms with E-state index in [4.69, 9.17) is 10.5 Å². The molecule has 0 saturated carbocycles. The number of aromatic nitrogens is 3. The summed E-state index contributed by atoms with van der Waals surface area (Å²) in [5, 5.41) is 7.87. The number of anilines is 1.